The lowest BCUT2D eigenvalue weighted by Gasteiger charge is -2.13. The number of hydrogen-bond donors (Lipinski definition) is 1. The second kappa shape index (κ2) is 7.31. The third kappa shape index (κ3) is 3.54. The van der Waals surface area contributed by atoms with E-state index in [1.165, 1.54) is 5.56 Å². The normalized spacial score (nSPS) is 11.0. The van der Waals surface area contributed by atoms with Crippen LogP contribution in [0.1, 0.15) is 32.8 Å². The maximum Gasteiger partial charge on any atom is 0.252 e. The fourth-order valence-electron chi connectivity index (χ4n) is 3.42. The molecular formula is C24H22N2O2. The van der Waals surface area contributed by atoms with Crippen molar-refractivity contribution in [2.45, 2.75) is 27.3 Å². The van der Waals surface area contributed by atoms with Crippen molar-refractivity contribution in [2.24, 2.45) is 0 Å². The van der Waals surface area contributed by atoms with E-state index in [4.69, 9.17) is 9.40 Å². The van der Waals surface area contributed by atoms with E-state index in [1.807, 2.05) is 50.2 Å². The van der Waals surface area contributed by atoms with Gasteiger partial charge in [0.2, 0.25) is 0 Å². The van der Waals surface area contributed by atoms with Crippen LogP contribution < -0.4 is 5.32 Å². The lowest BCUT2D eigenvalue weighted by Crippen LogP contribution is -2.23. The molecule has 4 rings (SSSR count). The highest BCUT2D eigenvalue weighted by Crippen LogP contribution is 2.28. The molecule has 0 aliphatic rings. The van der Waals surface area contributed by atoms with Crippen LogP contribution in [0.3, 0.4) is 0 Å². The number of nitrogens with one attached hydrogen (secondary N) is 1. The fourth-order valence-corrected chi connectivity index (χ4v) is 3.42. The average Bonchev–Trinajstić information content (AvgIpc) is 3.20. The van der Waals surface area contributed by atoms with Crippen LogP contribution in [0.4, 0.5) is 0 Å². The Morgan fingerprint density at radius 1 is 1.00 bits per heavy atom. The van der Waals surface area contributed by atoms with Crippen LogP contribution in [0, 0.1) is 20.8 Å². The minimum atomic E-state index is -0.137. The Hall–Kier alpha value is -3.40. The Bertz CT molecular complexity index is 1140. The molecule has 28 heavy (non-hydrogen) atoms. The molecule has 0 bridgehead atoms. The van der Waals surface area contributed by atoms with Crippen molar-refractivity contribution < 1.29 is 9.21 Å². The van der Waals surface area contributed by atoms with Crippen LogP contribution in [-0.2, 0) is 6.54 Å². The molecule has 140 valence electrons. The molecule has 4 nitrogen and oxygen atoms in total. The van der Waals surface area contributed by atoms with Crippen LogP contribution in [-0.4, -0.2) is 10.9 Å². The van der Waals surface area contributed by atoms with E-state index in [1.54, 1.807) is 6.26 Å². The van der Waals surface area contributed by atoms with Crippen LogP contribution in [0.25, 0.3) is 22.2 Å². The fraction of sp³-hybridized carbons (Fsp3) is 0.167. The number of pyridine rings is 1. The molecular weight excluding hydrogens is 348 g/mol. The van der Waals surface area contributed by atoms with Crippen LogP contribution in [0.2, 0.25) is 0 Å². The Kier molecular flexibility index (Phi) is 4.70. The SMILES string of the molecule is Cc1ccc(-c2cc(C(=O)NCc3ccco3)c3cc(C)cc(C)c3n2)cc1. The van der Waals surface area contributed by atoms with Gasteiger partial charge in [-0.3, -0.25) is 4.79 Å². The predicted molar refractivity (Wildman–Crippen MR) is 111 cm³/mol. The Morgan fingerprint density at radius 3 is 2.50 bits per heavy atom. The summed E-state index contributed by atoms with van der Waals surface area (Å²) < 4.78 is 5.32. The highest BCUT2D eigenvalue weighted by molar-refractivity contribution is 6.08. The van der Waals surface area contributed by atoms with Gasteiger partial charge in [0.15, 0.2) is 0 Å². The number of furan rings is 1. The monoisotopic (exact) mass is 370 g/mol. The third-order valence-electron chi connectivity index (χ3n) is 4.84. The van der Waals surface area contributed by atoms with Crippen molar-refractivity contribution in [3.8, 4) is 11.3 Å². The number of hydrogen-bond acceptors (Lipinski definition) is 3. The molecule has 1 N–H and O–H groups in total. The van der Waals surface area contributed by atoms with Crippen molar-refractivity contribution in [1.29, 1.82) is 0 Å². The molecule has 0 aliphatic heterocycles. The highest BCUT2D eigenvalue weighted by atomic mass is 16.3. The van der Waals surface area contributed by atoms with Gasteiger partial charge in [-0.2, -0.15) is 0 Å². The second-order valence-electron chi connectivity index (χ2n) is 7.16. The Labute approximate surface area is 164 Å². The number of aryl methyl sites for hydroxylation is 3. The second-order valence-corrected chi connectivity index (χ2v) is 7.16. The summed E-state index contributed by atoms with van der Waals surface area (Å²) in [5.74, 6) is 0.583. The number of carbonyl (C=O) groups excluding carboxylic acids is 1. The van der Waals surface area contributed by atoms with Crippen molar-refractivity contribution in [1.82, 2.24) is 10.3 Å². The first kappa shape index (κ1) is 18.0. The van der Waals surface area contributed by atoms with E-state index in [0.717, 1.165) is 39.0 Å². The van der Waals surface area contributed by atoms with Gasteiger partial charge in [-0.25, -0.2) is 4.98 Å². The summed E-state index contributed by atoms with van der Waals surface area (Å²) in [6, 6.07) is 17.8. The Balaban J connectivity index is 1.82. The predicted octanol–water partition coefficient (Wildman–Crippen LogP) is 5.35. The molecule has 0 saturated carbocycles. The van der Waals surface area contributed by atoms with Gasteiger partial charge in [0.25, 0.3) is 5.91 Å². The summed E-state index contributed by atoms with van der Waals surface area (Å²) in [5, 5.41) is 3.83. The number of rotatable bonds is 4. The summed E-state index contributed by atoms with van der Waals surface area (Å²) >= 11 is 0. The standard InChI is InChI=1S/C24H22N2O2/c1-15-6-8-18(9-7-15)22-13-21(24(27)25-14-19-5-4-10-28-19)20-12-16(2)11-17(3)23(20)26-22/h4-13H,14H2,1-3H3,(H,25,27). The molecule has 1 amide bonds. The highest BCUT2D eigenvalue weighted by Gasteiger charge is 2.16. The lowest BCUT2D eigenvalue weighted by atomic mass is 9.99. The van der Waals surface area contributed by atoms with Gasteiger partial charge in [-0.05, 0) is 50.6 Å². The minimum absolute atomic E-state index is 0.137. The van der Waals surface area contributed by atoms with Crippen molar-refractivity contribution >= 4 is 16.8 Å². The maximum atomic E-state index is 13.0. The molecule has 0 aliphatic carbocycles. The molecule has 0 unspecified atom stereocenters. The van der Waals surface area contributed by atoms with Gasteiger partial charge < -0.3 is 9.73 Å². The van der Waals surface area contributed by atoms with E-state index < -0.39 is 0 Å². The molecule has 0 spiro atoms. The van der Waals surface area contributed by atoms with Gasteiger partial charge in [0, 0.05) is 10.9 Å². The van der Waals surface area contributed by atoms with Gasteiger partial charge in [-0.1, -0.05) is 41.5 Å². The van der Waals surface area contributed by atoms with E-state index in [0.29, 0.717) is 12.1 Å². The van der Waals surface area contributed by atoms with Crippen LogP contribution in [0.15, 0.2) is 65.3 Å². The smallest absolute Gasteiger partial charge is 0.252 e. The van der Waals surface area contributed by atoms with Gasteiger partial charge >= 0.3 is 0 Å². The number of aromatic nitrogens is 1. The number of fused-ring (bicyclic) bond motifs is 1. The largest absolute Gasteiger partial charge is 0.467 e. The number of amides is 1. The summed E-state index contributed by atoms with van der Waals surface area (Å²) in [4.78, 5) is 17.9. The zero-order valence-corrected chi connectivity index (χ0v) is 16.2. The molecule has 0 atom stereocenters. The molecule has 2 aromatic carbocycles. The Morgan fingerprint density at radius 2 is 1.79 bits per heavy atom. The van der Waals surface area contributed by atoms with Crippen molar-refractivity contribution in [3.63, 3.8) is 0 Å². The molecule has 4 heteroatoms. The van der Waals surface area contributed by atoms with E-state index in [-0.39, 0.29) is 5.91 Å². The quantitative estimate of drug-likeness (QED) is 0.527. The summed E-state index contributed by atoms with van der Waals surface area (Å²) in [7, 11) is 0. The number of nitrogens with zero attached hydrogens (tertiary/aromatic N) is 1. The number of benzene rings is 2. The molecule has 0 fully saturated rings. The summed E-state index contributed by atoms with van der Waals surface area (Å²) in [5.41, 5.74) is 6.62. The van der Waals surface area contributed by atoms with Gasteiger partial charge in [0.05, 0.1) is 29.6 Å². The molecule has 2 heterocycles. The third-order valence-corrected chi connectivity index (χ3v) is 4.84. The molecule has 0 saturated heterocycles. The first-order valence-corrected chi connectivity index (χ1v) is 9.31. The topological polar surface area (TPSA) is 55.1 Å². The summed E-state index contributed by atoms with van der Waals surface area (Å²) in [6.45, 7) is 6.47. The zero-order valence-electron chi connectivity index (χ0n) is 16.2. The van der Waals surface area contributed by atoms with Gasteiger partial charge in [-0.15, -0.1) is 0 Å². The van der Waals surface area contributed by atoms with Crippen molar-refractivity contribution in [3.05, 3.63) is 88.9 Å². The average molecular weight is 370 g/mol. The first-order valence-electron chi connectivity index (χ1n) is 9.31. The summed E-state index contributed by atoms with van der Waals surface area (Å²) in [6.07, 6.45) is 1.60. The van der Waals surface area contributed by atoms with E-state index >= 15 is 0 Å². The first-order chi connectivity index (χ1) is 13.5. The lowest BCUT2D eigenvalue weighted by molar-refractivity contribution is 0.0949. The zero-order chi connectivity index (χ0) is 19.7. The number of carbonyl (C=O) groups is 1. The van der Waals surface area contributed by atoms with Crippen molar-refractivity contribution in [2.75, 3.05) is 0 Å². The minimum Gasteiger partial charge on any atom is -0.467 e. The molecule has 0 radical (unpaired) electrons. The molecule has 2 aromatic heterocycles. The maximum absolute atomic E-state index is 13.0. The van der Waals surface area contributed by atoms with E-state index in [2.05, 4.69) is 30.4 Å². The van der Waals surface area contributed by atoms with E-state index in [9.17, 15) is 4.79 Å². The molecule has 4 aromatic rings. The van der Waals surface area contributed by atoms with Gasteiger partial charge in [0.1, 0.15) is 5.76 Å². The van der Waals surface area contributed by atoms with Crippen LogP contribution >= 0.6 is 0 Å². The van der Waals surface area contributed by atoms with Crippen LogP contribution in [0.5, 0.6) is 0 Å².